The van der Waals surface area contributed by atoms with Gasteiger partial charge in [0.05, 0.1) is 0 Å². The summed E-state index contributed by atoms with van der Waals surface area (Å²) in [6.45, 7) is 13.4. The van der Waals surface area contributed by atoms with E-state index < -0.39 is 0 Å². The van der Waals surface area contributed by atoms with E-state index in [9.17, 15) is 0 Å². The number of rotatable bonds is 5. The van der Waals surface area contributed by atoms with Crippen molar-refractivity contribution in [3.05, 3.63) is 23.9 Å². The number of nitrogens with zero attached hydrogens (tertiary/aromatic N) is 2. The molecule has 0 aromatic carbocycles. The Morgan fingerprint density at radius 2 is 2.21 bits per heavy atom. The summed E-state index contributed by atoms with van der Waals surface area (Å²) in [4.78, 5) is 7.05. The van der Waals surface area contributed by atoms with Crippen LogP contribution < -0.4 is 10.2 Å². The van der Waals surface area contributed by atoms with Crippen molar-refractivity contribution in [3.8, 4) is 0 Å². The fourth-order valence-corrected chi connectivity index (χ4v) is 2.64. The molecule has 0 saturated carbocycles. The molecule has 1 aromatic rings. The molecule has 106 valence electrons. The molecule has 1 N–H and O–H groups in total. The second kappa shape index (κ2) is 5.91. The highest BCUT2D eigenvalue weighted by Gasteiger charge is 2.30. The third-order valence-electron chi connectivity index (χ3n) is 3.71. The molecule has 0 radical (unpaired) electrons. The van der Waals surface area contributed by atoms with E-state index in [1.807, 2.05) is 12.3 Å². The van der Waals surface area contributed by atoms with Crippen molar-refractivity contribution in [3.63, 3.8) is 0 Å². The molecule has 3 nitrogen and oxygen atoms in total. The lowest BCUT2D eigenvalue weighted by Crippen LogP contribution is -2.26. The van der Waals surface area contributed by atoms with Crippen molar-refractivity contribution in [2.45, 2.75) is 40.7 Å². The zero-order valence-electron chi connectivity index (χ0n) is 12.7. The van der Waals surface area contributed by atoms with Crippen molar-refractivity contribution >= 4 is 5.82 Å². The summed E-state index contributed by atoms with van der Waals surface area (Å²) in [5.74, 6) is 1.86. The molecule has 0 aliphatic carbocycles. The summed E-state index contributed by atoms with van der Waals surface area (Å²) in [5, 5.41) is 3.52. The quantitative estimate of drug-likeness (QED) is 0.883. The molecule has 0 amide bonds. The van der Waals surface area contributed by atoms with Crippen LogP contribution in [-0.4, -0.2) is 24.6 Å². The smallest absolute Gasteiger partial charge is 0.133 e. The molecule has 19 heavy (non-hydrogen) atoms. The Morgan fingerprint density at radius 3 is 2.84 bits per heavy atom. The first-order valence-corrected chi connectivity index (χ1v) is 7.37. The molecule has 0 atom stereocenters. The minimum absolute atomic E-state index is 0.417. The molecule has 1 fully saturated rings. The predicted molar refractivity (Wildman–Crippen MR) is 81.4 cm³/mol. The van der Waals surface area contributed by atoms with Gasteiger partial charge < -0.3 is 10.2 Å². The molecular weight excluding hydrogens is 234 g/mol. The van der Waals surface area contributed by atoms with Crippen molar-refractivity contribution in [2.24, 2.45) is 11.3 Å². The van der Waals surface area contributed by atoms with Crippen LogP contribution >= 0.6 is 0 Å². The predicted octanol–water partition coefficient (Wildman–Crippen LogP) is 3.06. The van der Waals surface area contributed by atoms with Crippen LogP contribution in [0.15, 0.2) is 18.3 Å². The molecular formula is C16H27N3. The molecule has 0 spiro atoms. The van der Waals surface area contributed by atoms with Gasteiger partial charge in [-0.2, -0.15) is 0 Å². The average Bonchev–Trinajstić information content (AvgIpc) is 2.70. The van der Waals surface area contributed by atoms with Gasteiger partial charge in [0.2, 0.25) is 0 Å². The fourth-order valence-electron chi connectivity index (χ4n) is 2.64. The lowest BCUT2D eigenvalue weighted by molar-refractivity contribution is 0.418. The molecule has 2 heterocycles. The molecule has 1 aliphatic rings. The van der Waals surface area contributed by atoms with E-state index in [0.29, 0.717) is 11.3 Å². The summed E-state index contributed by atoms with van der Waals surface area (Å²) in [6, 6.07) is 4.23. The van der Waals surface area contributed by atoms with E-state index in [2.05, 4.69) is 49.0 Å². The monoisotopic (exact) mass is 261 g/mol. The number of aromatic nitrogens is 1. The molecule has 0 unspecified atom stereocenters. The summed E-state index contributed by atoms with van der Waals surface area (Å²) in [7, 11) is 0. The van der Waals surface area contributed by atoms with Gasteiger partial charge in [0.1, 0.15) is 5.82 Å². The average molecular weight is 261 g/mol. The van der Waals surface area contributed by atoms with Crippen LogP contribution in [0, 0.1) is 11.3 Å². The SMILES string of the molecule is CC(C)CNCc1cccnc1N1CCC(C)(C)C1. The van der Waals surface area contributed by atoms with Crippen LogP contribution in [-0.2, 0) is 6.54 Å². The largest absolute Gasteiger partial charge is 0.356 e. The van der Waals surface area contributed by atoms with E-state index in [4.69, 9.17) is 0 Å². The summed E-state index contributed by atoms with van der Waals surface area (Å²) >= 11 is 0. The minimum Gasteiger partial charge on any atom is -0.356 e. The first kappa shape index (κ1) is 14.3. The van der Waals surface area contributed by atoms with E-state index in [1.165, 1.54) is 17.8 Å². The Bertz CT molecular complexity index is 412. The van der Waals surface area contributed by atoms with Gasteiger partial charge in [0.25, 0.3) is 0 Å². The van der Waals surface area contributed by atoms with Crippen LogP contribution in [0.5, 0.6) is 0 Å². The van der Waals surface area contributed by atoms with Gasteiger partial charge in [-0.3, -0.25) is 0 Å². The first-order chi connectivity index (χ1) is 8.98. The van der Waals surface area contributed by atoms with Crippen LogP contribution in [0.3, 0.4) is 0 Å². The summed E-state index contributed by atoms with van der Waals surface area (Å²) in [6.07, 6.45) is 3.16. The lowest BCUT2D eigenvalue weighted by Gasteiger charge is -2.23. The minimum atomic E-state index is 0.417. The van der Waals surface area contributed by atoms with Gasteiger partial charge in [-0.05, 0) is 30.4 Å². The topological polar surface area (TPSA) is 28.2 Å². The third-order valence-corrected chi connectivity index (χ3v) is 3.71. The van der Waals surface area contributed by atoms with E-state index in [-0.39, 0.29) is 0 Å². The van der Waals surface area contributed by atoms with Crippen LogP contribution in [0.2, 0.25) is 0 Å². The Hall–Kier alpha value is -1.09. The van der Waals surface area contributed by atoms with Crippen LogP contribution in [0.1, 0.15) is 39.7 Å². The zero-order chi connectivity index (χ0) is 13.9. The van der Waals surface area contributed by atoms with Gasteiger partial charge in [0.15, 0.2) is 0 Å². The standard InChI is InChI=1S/C16H27N3/c1-13(2)10-17-11-14-6-5-8-18-15(14)19-9-7-16(3,4)12-19/h5-6,8,13,17H,7,9-12H2,1-4H3. The summed E-state index contributed by atoms with van der Waals surface area (Å²) < 4.78 is 0. The molecule has 0 bridgehead atoms. The van der Waals surface area contributed by atoms with Crippen LogP contribution in [0.4, 0.5) is 5.82 Å². The number of hydrogen-bond donors (Lipinski definition) is 1. The molecule has 1 aliphatic heterocycles. The van der Waals surface area contributed by atoms with Crippen molar-refractivity contribution in [1.82, 2.24) is 10.3 Å². The normalized spacial score (nSPS) is 18.3. The van der Waals surface area contributed by atoms with Crippen LogP contribution in [0.25, 0.3) is 0 Å². The number of nitrogens with one attached hydrogen (secondary N) is 1. The number of anilines is 1. The van der Waals surface area contributed by atoms with E-state index in [1.54, 1.807) is 0 Å². The lowest BCUT2D eigenvalue weighted by atomic mass is 9.93. The van der Waals surface area contributed by atoms with E-state index in [0.717, 1.165) is 26.2 Å². The summed E-state index contributed by atoms with van der Waals surface area (Å²) in [5.41, 5.74) is 1.74. The molecule has 1 aromatic heterocycles. The van der Waals surface area contributed by atoms with Gasteiger partial charge in [-0.15, -0.1) is 0 Å². The maximum atomic E-state index is 4.61. The Labute approximate surface area is 117 Å². The zero-order valence-corrected chi connectivity index (χ0v) is 12.7. The van der Waals surface area contributed by atoms with Gasteiger partial charge in [-0.25, -0.2) is 4.98 Å². The van der Waals surface area contributed by atoms with Crippen molar-refractivity contribution in [2.75, 3.05) is 24.5 Å². The number of hydrogen-bond acceptors (Lipinski definition) is 3. The number of pyridine rings is 1. The molecule has 3 heteroatoms. The highest BCUT2D eigenvalue weighted by molar-refractivity contribution is 5.48. The Kier molecular flexibility index (Phi) is 4.46. The molecule has 2 rings (SSSR count). The van der Waals surface area contributed by atoms with Crippen molar-refractivity contribution in [1.29, 1.82) is 0 Å². The van der Waals surface area contributed by atoms with Gasteiger partial charge >= 0.3 is 0 Å². The molecule has 1 saturated heterocycles. The second-order valence-corrected chi connectivity index (χ2v) is 6.85. The Morgan fingerprint density at radius 1 is 1.42 bits per heavy atom. The van der Waals surface area contributed by atoms with Gasteiger partial charge in [-0.1, -0.05) is 33.8 Å². The highest BCUT2D eigenvalue weighted by Crippen LogP contribution is 2.32. The maximum Gasteiger partial charge on any atom is 0.133 e. The van der Waals surface area contributed by atoms with E-state index >= 15 is 0 Å². The van der Waals surface area contributed by atoms with Crippen molar-refractivity contribution < 1.29 is 0 Å². The van der Waals surface area contributed by atoms with Gasteiger partial charge in [0, 0.05) is 31.4 Å². The second-order valence-electron chi connectivity index (χ2n) is 6.85. The highest BCUT2D eigenvalue weighted by atomic mass is 15.2. The maximum absolute atomic E-state index is 4.61. The third kappa shape index (κ3) is 3.93. The first-order valence-electron chi connectivity index (χ1n) is 7.37. The Balaban J connectivity index is 2.04. The fraction of sp³-hybridized carbons (Fsp3) is 0.688.